The van der Waals surface area contributed by atoms with Gasteiger partial charge < -0.3 is 9.64 Å². The van der Waals surface area contributed by atoms with Crippen LogP contribution in [0.5, 0.6) is 5.75 Å². The first kappa shape index (κ1) is 23.8. The second-order valence-corrected chi connectivity index (χ2v) is 10.8. The molecule has 0 radical (unpaired) electrons. The van der Waals surface area contributed by atoms with Gasteiger partial charge in [-0.25, -0.2) is 8.42 Å². The number of hydrogen-bond donors (Lipinski definition) is 0. The lowest BCUT2D eigenvalue weighted by Crippen LogP contribution is -2.53. The van der Waals surface area contributed by atoms with Crippen LogP contribution in [0.1, 0.15) is 38.8 Å². The van der Waals surface area contributed by atoms with Gasteiger partial charge in [0, 0.05) is 26.2 Å². The fourth-order valence-corrected chi connectivity index (χ4v) is 4.97. The summed E-state index contributed by atoms with van der Waals surface area (Å²) in [4.78, 5) is 14.6. The minimum atomic E-state index is -3.67. The molecule has 0 aliphatic carbocycles. The topological polar surface area (TPSA) is 90.7 Å². The van der Waals surface area contributed by atoms with E-state index in [1.807, 2.05) is 30.3 Å². The third-order valence-electron chi connectivity index (χ3n) is 5.55. The summed E-state index contributed by atoms with van der Waals surface area (Å²) in [6.07, 6.45) is -0.669. The second-order valence-electron chi connectivity index (χ2n) is 8.90. The van der Waals surface area contributed by atoms with Crippen molar-refractivity contribution < 1.29 is 17.9 Å². The van der Waals surface area contributed by atoms with Gasteiger partial charge in [0.2, 0.25) is 10.0 Å². The number of amides is 1. The average molecular weight is 456 g/mol. The fourth-order valence-electron chi connectivity index (χ4n) is 3.54. The number of carbonyl (C=O) groups excluding carboxylic acids is 1. The first-order valence-electron chi connectivity index (χ1n) is 10.6. The molecule has 0 saturated carbocycles. The van der Waals surface area contributed by atoms with Gasteiger partial charge in [-0.1, -0.05) is 32.9 Å². The molecule has 1 heterocycles. The molecule has 1 aliphatic rings. The summed E-state index contributed by atoms with van der Waals surface area (Å²) >= 11 is 0. The highest BCUT2D eigenvalue weighted by Gasteiger charge is 2.32. The Morgan fingerprint density at radius 2 is 1.56 bits per heavy atom. The number of piperazine rings is 1. The van der Waals surface area contributed by atoms with Crippen molar-refractivity contribution in [3.05, 3.63) is 59.7 Å². The zero-order valence-corrected chi connectivity index (χ0v) is 19.7. The minimum absolute atomic E-state index is 0.0394. The fraction of sp³-hybridized carbons (Fsp3) is 0.417. The average Bonchev–Trinajstić information content (AvgIpc) is 2.78. The van der Waals surface area contributed by atoms with Gasteiger partial charge in [-0.2, -0.15) is 9.57 Å². The maximum absolute atomic E-state index is 12.9. The van der Waals surface area contributed by atoms with Crippen molar-refractivity contribution in [3.63, 3.8) is 0 Å². The quantitative estimate of drug-likeness (QED) is 0.691. The Labute approximate surface area is 190 Å². The van der Waals surface area contributed by atoms with Crippen molar-refractivity contribution in [2.45, 2.75) is 44.1 Å². The van der Waals surface area contributed by atoms with E-state index in [4.69, 9.17) is 10.00 Å². The van der Waals surface area contributed by atoms with Crippen molar-refractivity contribution in [1.82, 2.24) is 9.21 Å². The Bertz CT molecular complexity index is 1090. The van der Waals surface area contributed by atoms with Gasteiger partial charge in [0.1, 0.15) is 5.75 Å². The highest BCUT2D eigenvalue weighted by atomic mass is 32.2. The summed E-state index contributed by atoms with van der Waals surface area (Å²) in [6, 6.07) is 15.6. The van der Waals surface area contributed by atoms with Crippen molar-refractivity contribution in [2.75, 3.05) is 26.2 Å². The first-order valence-corrected chi connectivity index (χ1v) is 12.0. The number of nitrogens with zero attached hydrogens (tertiary/aromatic N) is 3. The summed E-state index contributed by atoms with van der Waals surface area (Å²) in [6.45, 7) is 9.13. The molecule has 8 heteroatoms. The molecule has 1 fully saturated rings. The van der Waals surface area contributed by atoms with Gasteiger partial charge in [-0.3, -0.25) is 4.79 Å². The van der Waals surface area contributed by atoms with Crippen molar-refractivity contribution in [1.29, 1.82) is 5.26 Å². The molecule has 1 amide bonds. The largest absolute Gasteiger partial charge is 0.481 e. The number of rotatable bonds is 5. The van der Waals surface area contributed by atoms with Gasteiger partial charge in [0.25, 0.3) is 5.91 Å². The lowest BCUT2D eigenvalue weighted by Gasteiger charge is -2.35. The van der Waals surface area contributed by atoms with Crippen LogP contribution in [0.15, 0.2) is 53.4 Å². The smallest absolute Gasteiger partial charge is 0.263 e. The highest BCUT2D eigenvalue weighted by molar-refractivity contribution is 7.89. The van der Waals surface area contributed by atoms with Crippen LogP contribution in [0.2, 0.25) is 0 Å². The zero-order valence-electron chi connectivity index (χ0n) is 18.9. The van der Waals surface area contributed by atoms with Crippen molar-refractivity contribution in [2.24, 2.45) is 0 Å². The monoisotopic (exact) mass is 455 g/mol. The van der Waals surface area contributed by atoms with Crippen LogP contribution >= 0.6 is 0 Å². The number of carbonyl (C=O) groups is 1. The Hall–Kier alpha value is -2.89. The van der Waals surface area contributed by atoms with Gasteiger partial charge in [-0.15, -0.1) is 0 Å². The maximum Gasteiger partial charge on any atom is 0.263 e. The van der Waals surface area contributed by atoms with Crippen LogP contribution in [-0.2, 0) is 20.2 Å². The first-order chi connectivity index (χ1) is 15.0. The van der Waals surface area contributed by atoms with Crippen molar-refractivity contribution >= 4 is 15.9 Å². The SMILES string of the molecule is CC(Oc1ccc(C(C)(C)C)cc1)C(=O)N1CCN(S(=O)(=O)c2ccc(C#N)cc2)CC1. The summed E-state index contributed by atoms with van der Waals surface area (Å²) < 4.78 is 32.9. The summed E-state index contributed by atoms with van der Waals surface area (Å²) in [5.41, 5.74) is 1.63. The highest BCUT2D eigenvalue weighted by Crippen LogP contribution is 2.25. The molecule has 2 aromatic carbocycles. The lowest BCUT2D eigenvalue weighted by atomic mass is 9.87. The summed E-state index contributed by atoms with van der Waals surface area (Å²) in [7, 11) is -3.67. The van der Waals surface area contributed by atoms with Gasteiger partial charge in [-0.05, 0) is 54.3 Å². The van der Waals surface area contributed by atoms with Gasteiger partial charge >= 0.3 is 0 Å². The van der Waals surface area contributed by atoms with Crippen LogP contribution in [0.4, 0.5) is 0 Å². The molecule has 7 nitrogen and oxygen atoms in total. The lowest BCUT2D eigenvalue weighted by molar-refractivity contribution is -0.139. The third kappa shape index (κ3) is 5.29. The Morgan fingerprint density at radius 1 is 1.00 bits per heavy atom. The normalized spacial score (nSPS) is 16.3. The van der Waals surface area contributed by atoms with Crippen LogP contribution in [0.3, 0.4) is 0 Å². The van der Waals surface area contributed by atoms with Gasteiger partial charge in [0.15, 0.2) is 6.10 Å². The second kappa shape index (κ2) is 9.31. The van der Waals surface area contributed by atoms with E-state index in [0.717, 1.165) is 0 Å². The molecule has 0 spiro atoms. The van der Waals surface area contributed by atoms with E-state index in [-0.39, 0.29) is 29.3 Å². The molecule has 3 rings (SSSR count). The van der Waals surface area contributed by atoms with Crippen LogP contribution in [0.25, 0.3) is 0 Å². The molecule has 1 saturated heterocycles. The molecule has 1 unspecified atom stereocenters. The Morgan fingerprint density at radius 3 is 2.06 bits per heavy atom. The molecule has 170 valence electrons. The van der Waals surface area contributed by atoms with E-state index in [2.05, 4.69) is 20.8 Å². The molecule has 32 heavy (non-hydrogen) atoms. The molecular weight excluding hydrogens is 426 g/mol. The maximum atomic E-state index is 12.9. The summed E-state index contributed by atoms with van der Waals surface area (Å²) in [5, 5.41) is 8.89. The molecule has 0 aromatic heterocycles. The minimum Gasteiger partial charge on any atom is -0.481 e. The molecule has 0 bridgehead atoms. The molecule has 1 atom stereocenters. The third-order valence-corrected chi connectivity index (χ3v) is 7.47. The summed E-state index contributed by atoms with van der Waals surface area (Å²) in [5.74, 6) is 0.459. The number of hydrogen-bond acceptors (Lipinski definition) is 5. The molecule has 0 N–H and O–H groups in total. The van der Waals surface area contributed by atoms with Crippen LogP contribution < -0.4 is 4.74 Å². The predicted molar refractivity (Wildman–Crippen MR) is 122 cm³/mol. The van der Waals surface area contributed by atoms with E-state index in [9.17, 15) is 13.2 Å². The predicted octanol–water partition coefficient (Wildman–Crippen LogP) is 3.16. The van der Waals surface area contributed by atoms with Gasteiger partial charge in [0.05, 0.1) is 16.5 Å². The van der Waals surface area contributed by atoms with E-state index in [1.165, 1.54) is 34.1 Å². The number of nitriles is 1. The van der Waals surface area contributed by atoms with E-state index < -0.39 is 16.1 Å². The van der Waals surface area contributed by atoms with Crippen LogP contribution in [-0.4, -0.2) is 55.8 Å². The van der Waals surface area contributed by atoms with Crippen LogP contribution in [0, 0.1) is 11.3 Å². The van der Waals surface area contributed by atoms with E-state index in [0.29, 0.717) is 24.4 Å². The Balaban J connectivity index is 1.58. The van der Waals surface area contributed by atoms with E-state index >= 15 is 0 Å². The van der Waals surface area contributed by atoms with Crippen molar-refractivity contribution in [3.8, 4) is 11.8 Å². The number of sulfonamides is 1. The molecule has 1 aliphatic heterocycles. The number of ether oxygens (including phenoxy) is 1. The Kier molecular flexibility index (Phi) is 6.91. The molecule has 2 aromatic rings. The zero-order chi connectivity index (χ0) is 23.5. The molecular formula is C24H29N3O4S. The van der Waals surface area contributed by atoms with E-state index in [1.54, 1.807) is 11.8 Å². The number of benzene rings is 2. The standard InChI is InChI=1S/C24H29N3O4S/c1-18(31-21-9-7-20(8-10-21)24(2,3)4)23(28)26-13-15-27(16-14-26)32(29,30)22-11-5-19(17-25)6-12-22/h5-12,18H,13-16H2,1-4H3.